The normalized spacial score (nSPS) is 19.7. The van der Waals surface area contributed by atoms with Gasteiger partial charge in [-0.2, -0.15) is 0 Å². The zero-order valence-corrected chi connectivity index (χ0v) is 16.6. The minimum absolute atomic E-state index is 0.116. The quantitative estimate of drug-likeness (QED) is 0.189. The van der Waals surface area contributed by atoms with Gasteiger partial charge in [-0.25, -0.2) is 0 Å². The third-order valence-corrected chi connectivity index (χ3v) is 4.18. The zero-order chi connectivity index (χ0) is 16.5. The van der Waals surface area contributed by atoms with Gasteiger partial charge in [-0.1, -0.05) is 30.3 Å². The topological polar surface area (TPSA) is 68.2 Å². The van der Waals surface area contributed by atoms with Gasteiger partial charge in [0.15, 0.2) is 0 Å². The van der Waals surface area contributed by atoms with Crippen molar-refractivity contribution < 1.29 is 24.2 Å². The van der Waals surface area contributed by atoms with E-state index in [1.165, 1.54) is 0 Å². The third kappa shape index (κ3) is 6.21. The molecule has 1 aromatic carbocycles. The molecule has 0 fully saturated rings. The van der Waals surface area contributed by atoms with Crippen molar-refractivity contribution in [3.63, 3.8) is 0 Å². The number of nitrogens with zero attached hydrogens (tertiary/aromatic N) is 1. The predicted molar refractivity (Wildman–Crippen MR) is 84.1 cm³/mol. The van der Waals surface area contributed by atoms with Crippen LogP contribution in [0.3, 0.4) is 0 Å². The average Bonchev–Trinajstić information content (AvgIpc) is 3.05. The molecule has 2 unspecified atom stereocenters. The molecule has 2 rings (SSSR count). The molecule has 6 nitrogen and oxygen atoms in total. The Balaban J connectivity index is 1.70. The first-order valence-corrected chi connectivity index (χ1v) is 10.2. The van der Waals surface area contributed by atoms with Crippen LogP contribution in [-0.2, 0) is 20.8 Å². The number of hydrogen-bond donors (Lipinski definition) is 1. The van der Waals surface area contributed by atoms with Crippen LogP contribution >= 0.6 is 0 Å². The molecule has 0 heterocycles. The summed E-state index contributed by atoms with van der Waals surface area (Å²) in [5, 5.41) is 10.6. The fraction of sp³-hybridized carbons (Fsp3) is 0.438. The van der Waals surface area contributed by atoms with Gasteiger partial charge in [0.1, 0.15) is 0 Å². The fourth-order valence-corrected chi connectivity index (χ4v) is 2.76. The molecule has 123 valence electrons. The number of amides is 1. The van der Waals surface area contributed by atoms with Crippen molar-refractivity contribution >= 4 is 31.9 Å². The standard InChI is InChI=1S/C16H20NO5.Pb/c1-20-9-10-21-15-8-7-14(11-15)17(19)16(18)22-12-13-5-3-2-4-6-13;/h2-8,14-15,19H,1,9-12H2;. The van der Waals surface area contributed by atoms with Crippen molar-refractivity contribution in [2.24, 2.45) is 0 Å². The Morgan fingerprint density at radius 3 is 2.78 bits per heavy atom. The first-order chi connectivity index (χ1) is 11.2. The SMILES string of the molecule is O=C(OCc1ccccc1)N(O)C1C=CC(OCCO[CH2][Pb])C1. The molecule has 7 heteroatoms. The molecule has 1 aromatic rings. The van der Waals surface area contributed by atoms with E-state index in [9.17, 15) is 10.0 Å². The van der Waals surface area contributed by atoms with Crippen LogP contribution in [0.15, 0.2) is 42.5 Å². The van der Waals surface area contributed by atoms with Gasteiger partial charge in [0.25, 0.3) is 0 Å². The number of carbonyl (C=O) groups excluding carboxylic acids is 1. The summed E-state index contributed by atoms with van der Waals surface area (Å²) in [5.41, 5.74) is 0.872. The van der Waals surface area contributed by atoms with E-state index in [0.717, 1.165) is 35.5 Å². The second-order valence-electron chi connectivity index (χ2n) is 5.03. The van der Waals surface area contributed by atoms with Crippen LogP contribution in [-0.4, -0.2) is 71.7 Å². The van der Waals surface area contributed by atoms with Crippen molar-refractivity contribution in [3.05, 3.63) is 48.0 Å². The van der Waals surface area contributed by atoms with Gasteiger partial charge < -0.3 is 0 Å². The molecule has 3 radical (unpaired) electrons. The number of ether oxygens (including phenoxy) is 3. The van der Waals surface area contributed by atoms with E-state index in [2.05, 4.69) is 0 Å². The van der Waals surface area contributed by atoms with Gasteiger partial charge in [0.2, 0.25) is 0 Å². The maximum absolute atomic E-state index is 11.9. The molecule has 2 atom stereocenters. The summed E-state index contributed by atoms with van der Waals surface area (Å²) < 4.78 is 16.8. The van der Waals surface area contributed by atoms with Gasteiger partial charge in [0, 0.05) is 0 Å². The molecule has 1 aliphatic carbocycles. The Labute approximate surface area is 151 Å². The Hall–Kier alpha value is -0.968. The van der Waals surface area contributed by atoms with Gasteiger partial charge in [0.05, 0.1) is 0 Å². The van der Waals surface area contributed by atoms with Crippen molar-refractivity contribution in [3.8, 4) is 0 Å². The van der Waals surface area contributed by atoms with Crippen LogP contribution in [0.25, 0.3) is 0 Å². The molecule has 0 aromatic heterocycles. The Bertz CT molecular complexity index is 510. The maximum atomic E-state index is 11.9. The van der Waals surface area contributed by atoms with Crippen molar-refractivity contribution in [1.29, 1.82) is 0 Å². The van der Waals surface area contributed by atoms with E-state index in [1.807, 2.05) is 36.4 Å². The van der Waals surface area contributed by atoms with Gasteiger partial charge in [-0.15, -0.1) is 0 Å². The van der Waals surface area contributed by atoms with E-state index in [-0.39, 0.29) is 12.7 Å². The molecule has 0 saturated carbocycles. The second kappa shape index (κ2) is 10.0. The molecule has 23 heavy (non-hydrogen) atoms. The first kappa shape index (κ1) is 18.4. The van der Waals surface area contributed by atoms with Gasteiger partial charge in [-0.3, -0.25) is 0 Å². The Morgan fingerprint density at radius 2 is 2.04 bits per heavy atom. The van der Waals surface area contributed by atoms with Gasteiger partial charge >= 0.3 is 116 Å². The molecule has 0 aliphatic heterocycles. The number of carbonyl (C=O) groups is 1. The van der Waals surface area contributed by atoms with Crippen LogP contribution < -0.4 is 0 Å². The molecule has 0 spiro atoms. The number of hydrogen-bond acceptors (Lipinski definition) is 5. The molecule has 1 aliphatic rings. The van der Waals surface area contributed by atoms with Crippen molar-refractivity contribution in [2.75, 3.05) is 17.4 Å². The number of hydroxylamine groups is 2. The van der Waals surface area contributed by atoms with Crippen LogP contribution in [0.1, 0.15) is 12.0 Å². The van der Waals surface area contributed by atoms with E-state index >= 15 is 0 Å². The van der Waals surface area contributed by atoms with Crippen LogP contribution in [0.2, 0.25) is 0 Å². The van der Waals surface area contributed by atoms with E-state index in [4.69, 9.17) is 14.2 Å². The first-order valence-electron chi connectivity index (χ1n) is 7.41. The van der Waals surface area contributed by atoms with Crippen molar-refractivity contribution in [2.45, 2.75) is 25.2 Å². The molecular formula is C16H20NO5Pb. The number of rotatable bonds is 8. The van der Waals surface area contributed by atoms with Crippen LogP contribution in [0.4, 0.5) is 4.79 Å². The Morgan fingerprint density at radius 1 is 1.26 bits per heavy atom. The Kier molecular flexibility index (Phi) is 8.00. The zero-order valence-electron chi connectivity index (χ0n) is 12.8. The van der Waals surface area contributed by atoms with Crippen molar-refractivity contribution in [1.82, 2.24) is 5.06 Å². The summed E-state index contributed by atoms with van der Waals surface area (Å²) in [7, 11) is 0. The van der Waals surface area contributed by atoms with Crippen LogP contribution in [0, 0.1) is 0 Å². The monoisotopic (exact) mass is 514 g/mol. The molecule has 1 N–H and O–H groups in total. The van der Waals surface area contributed by atoms with E-state index < -0.39 is 12.1 Å². The third-order valence-electron chi connectivity index (χ3n) is 3.39. The summed E-state index contributed by atoms with van der Waals surface area (Å²) in [6.07, 6.45) is 3.23. The summed E-state index contributed by atoms with van der Waals surface area (Å²) >= 11 is 1.02. The second-order valence-corrected chi connectivity index (χ2v) is 6.16. The molecule has 0 saturated heterocycles. The number of benzene rings is 1. The average molecular weight is 514 g/mol. The van der Waals surface area contributed by atoms with E-state index in [1.54, 1.807) is 6.08 Å². The molecular weight excluding hydrogens is 493 g/mol. The van der Waals surface area contributed by atoms with Crippen LogP contribution in [0.5, 0.6) is 0 Å². The summed E-state index contributed by atoms with van der Waals surface area (Å²) in [5.74, 6) is 0. The summed E-state index contributed by atoms with van der Waals surface area (Å²) in [6, 6.07) is 8.91. The van der Waals surface area contributed by atoms with Gasteiger partial charge in [-0.05, 0) is 5.56 Å². The van der Waals surface area contributed by atoms with E-state index in [0.29, 0.717) is 24.7 Å². The minimum atomic E-state index is -0.761. The molecule has 1 amide bonds. The summed E-state index contributed by atoms with van der Waals surface area (Å²) in [4.78, 5) is 11.9. The summed E-state index contributed by atoms with van der Waals surface area (Å²) in [6.45, 7) is 1.21. The fourth-order valence-electron chi connectivity index (χ4n) is 2.20. The molecule has 0 bridgehead atoms. The predicted octanol–water partition coefficient (Wildman–Crippen LogP) is 1.87.